The molecule has 5 nitrogen and oxygen atoms in total. The second kappa shape index (κ2) is 8.51. The molecule has 1 aliphatic rings. The van der Waals surface area contributed by atoms with Crippen LogP contribution in [0.4, 0.5) is 0 Å². The van der Waals surface area contributed by atoms with Crippen molar-refractivity contribution in [3.63, 3.8) is 0 Å². The molecular weight excluding hydrogens is 246 g/mol. The van der Waals surface area contributed by atoms with Crippen molar-refractivity contribution < 1.29 is 19.4 Å². The first-order valence-corrected chi connectivity index (χ1v) is 7.17. The molecule has 1 saturated heterocycles. The molecule has 1 rings (SSSR count). The first-order valence-electron chi connectivity index (χ1n) is 7.17. The number of carboxylic acids is 1. The summed E-state index contributed by atoms with van der Waals surface area (Å²) < 4.78 is 10.4. The summed E-state index contributed by atoms with van der Waals surface area (Å²) in [4.78, 5) is 13.7. The van der Waals surface area contributed by atoms with Gasteiger partial charge in [0.2, 0.25) is 0 Å². The summed E-state index contributed by atoms with van der Waals surface area (Å²) >= 11 is 0. The second-order valence-corrected chi connectivity index (χ2v) is 5.28. The smallest absolute Gasteiger partial charge is 0.309 e. The van der Waals surface area contributed by atoms with E-state index in [9.17, 15) is 9.90 Å². The minimum atomic E-state index is -0.620. The van der Waals surface area contributed by atoms with E-state index >= 15 is 0 Å². The van der Waals surface area contributed by atoms with Crippen LogP contribution in [0.5, 0.6) is 0 Å². The highest BCUT2D eigenvalue weighted by Gasteiger charge is 2.40. The van der Waals surface area contributed by atoms with Crippen molar-refractivity contribution in [3.8, 4) is 0 Å². The van der Waals surface area contributed by atoms with E-state index in [4.69, 9.17) is 9.47 Å². The zero-order valence-corrected chi connectivity index (χ0v) is 12.2. The Morgan fingerprint density at radius 2 is 1.95 bits per heavy atom. The molecule has 1 N–H and O–H groups in total. The lowest BCUT2D eigenvalue weighted by Crippen LogP contribution is -2.45. The van der Waals surface area contributed by atoms with Crippen molar-refractivity contribution in [3.05, 3.63) is 0 Å². The van der Waals surface area contributed by atoms with Crippen LogP contribution in [0.15, 0.2) is 0 Å². The Bertz CT molecular complexity index is 262. The molecule has 0 bridgehead atoms. The van der Waals surface area contributed by atoms with Crippen molar-refractivity contribution in [2.75, 3.05) is 46.6 Å². The molecule has 0 aromatic carbocycles. The van der Waals surface area contributed by atoms with E-state index in [0.29, 0.717) is 19.8 Å². The average Bonchev–Trinajstić information content (AvgIpc) is 2.40. The molecule has 112 valence electrons. The van der Waals surface area contributed by atoms with Crippen LogP contribution in [0.1, 0.15) is 32.6 Å². The Hall–Kier alpha value is -0.650. The Labute approximate surface area is 115 Å². The van der Waals surface area contributed by atoms with Gasteiger partial charge in [0, 0.05) is 13.7 Å². The minimum absolute atomic E-state index is 0.484. The number of hydrogen-bond donors (Lipinski definition) is 1. The molecule has 0 saturated carbocycles. The van der Waals surface area contributed by atoms with Gasteiger partial charge in [0.1, 0.15) is 0 Å². The molecule has 1 fully saturated rings. The number of ether oxygens (including phenoxy) is 2. The third-order valence-electron chi connectivity index (χ3n) is 3.98. The van der Waals surface area contributed by atoms with Gasteiger partial charge in [0.05, 0.1) is 25.2 Å². The number of likely N-dealkylation sites (tertiary alicyclic amines) is 1. The van der Waals surface area contributed by atoms with Crippen molar-refractivity contribution >= 4 is 5.97 Å². The monoisotopic (exact) mass is 273 g/mol. The molecule has 0 aliphatic carbocycles. The first-order chi connectivity index (χ1) is 9.14. The highest BCUT2D eigenvalue weighted by molar-refractivity contribution is 5.74. The van der Waals surface area contributed by atoms with Gasteiger partial charge < -0.3 is 19.5 Å². The lowest BCUT2D eigenvalue weighted by molar-refractivity contribution is -0.152. The van der Waals surface area contributed by atoms with Crippen LogP contribution in [0, 0.1) is 5.41 Å². The standard InChI is InChI=1S/C14H27NO4/c1-3-4-14(13(16)17)5-7-15(8-6-14)9-10-19-12-11-18-2/h3-12H2,1-2H3,(H,16,17). The predicted molar refractivity (Wildman–Crippen MR) is 73.3 cm³/mol. The number of piperidine rings is 1. The Morgan fingerprint density at radius 3 is 2.47 bits per heavy atom. The summed E-state index contributed by atoms with van der Waals surface area (Å²) in [5.41, 5.74) is -0.484. The highest BCUT2D eigenvalue weighted by Crippen LogP contribution is 2.36. The van der Waals surface area contributed by atoms with E-state index < -0.39 is 11.4 Å². The van der Waals surface area contributed by atoms with E-state index in [1.807, 2.05) is 0 Å². The molecule has 1 heterocycles. The van der Waals surface area contributed by atoms with Crippen LogP contribution in [0.25, 0.3) is 0 Å². The molecule has 0 atom stereocenters. The molecule has 0 unspecified atom stereocenters. The van der Waals surface area contributed by atoms with Crippen molar-refractivity contribution in [2.24, 2.45) is 5.41 Å². The Kier molecular flexibility index (Phi) is 7.34. The van der Waals surface area contributed by atoms with Gasteiger partial charge in [-0.2, -0.15) is 0 Å². The van der Waals surface area contributed by atoms with Gasteiger partial charge in [0.15, 0.2) is 0 Å². The molecule has 0 radical (unpaired) electrons. The van der Waals surface area contributed by atoms with Crippen LogP contribution in [-0.4, -0.2) is 62.5 Å². The number of nitrogens with zero attached hydrogens (tertiary/aromatic N) is 1. The fraction of sp³-hybridized carbons (Fsp3) is 0.929. The summed E-state index contributed by atoms with van der Waals surface area (Å²) in [7, 11) is 1.66. The van der Waals surface area contributed by atoms with E-state index in [2.05, 4.69) is 11.8 Å². The van der Waals surface area contributed by atoms with E-state index in [1.165, 1.54) is 0 Å². The summed E-state index contributed by atoms with van der Waals surface area (Å²) in [6.45, 7) is 6.60. The molecule has 0 amide bonds. The number of methoxy groups -OCH3 is 1. The lowest BCUT2D eigenvalue weighted by atomic mass is 9.75. The summed E-state index contributed by atoms with van der Waals surface area (Å²) in [6, 6.07) is 0. The van der Waals surface area contributed by atoms with Gasteiger partial charge in [-0.15, -0.1) is 0 Å². The molecule has 0 aromatic rings. The molecule has 0 spiro atoms. The Morgan fingerprint density at radius 1 is 1.26 bits per heavy atom. The third-order valence-corrected chi connectivity index (χ3v) is 3.98. The third kappa shape index (κ3) is 5.09. The SMILES string of the molecule is CCCC1(C(=O)O)CCN(CCOCCOC)CC1. The van der Waals surface area contributed by atoms with Gasteiger partial charge in [-0.25, -0.2) is 0 Å². The van der Waals surface area contributed by atoms with Crippen LogP contribution < -0.4 is 0 Å². The quantitative estimate of drug-likeness (QED) is 0.647. The zero-order chi connectivity index (χ0) is 14.1. The van der Waals surface area contributed by atoms with Crippen LogP contribution in [0.2, 0.25) is 0 Å². The number of aliphatic carboxylic acids is 1. The van der Waals surface area contributed by atoms with Crippen molar-refractivity contribution in [2.45, 2.75) is 32.6 Å². The zero-order valence-electron chi connectivity index (χ0n) is 12.2. The molecular formula is C14H27NO4. The van der Waals surface area contributed by atoms with Crippen molar-refractivity contribution in [1.29, 1.82) is 0 Å². The van der Waals surface area contributed by atoms with E-state index in [-0.39, 0.29) is 0 Å². The van der Waals surface area contributed by atoms with Crippen LogP contribution in [-0.2, 0) is 14.3 Å². The average molecular weight is 273 g/mol. The lowest BCUT2D eigenvalue weighted by Gasteiger charge is -2.38. The van der Waals surface area contributed by atoms with Gasteiger partial charge in [0.25, 0.3) is 0 Å². The first kappa shape index (κ1) is 16.4. The van der Waals surface area contributed by atoms with Crippen LogP contribution >= 0.6 is 0 Å². The molecule has 19 heavy (non-hydrogen) atoms. The van der Waals surface area contributed by atoms with Crippen molar-refractivity contribution in [1.82, 2.24) is 4.90 Å². The maximum Gasteiger partial charge on any atom is 0.309 e. The fourth-order valence-electron chi connectivity index (χ4n) is 2.69. The van der Waals surface area contributed by atoms with E-state index in [1.54, 1.807) is 7.11 Å². The fourth-order valence-corrected chi connectivity index (χ4v) is 2.69. The van der Waals surface area contributed by atoms with Gasteiger partial charge in [-0.1, -0.05) is 13.3 Å². The Balaban J connectivity index is 2.25. The molecule has 5 heteroatoms. The number of rotatable bonds is 9. The van der Waals surface area contributed by atoms with Gasteiger partial charge in [-0.3, -0.25) is 4.79 Å². The summed E-state index contributed by atoms with van der Waals surface area (Å²) in [5, 5.41) is 9.42. The summed E-state index contributed by atoms with van der Waals surface area (Å²) in [5.74, 6) is -0.620. The normalized spacial score (nSPS) is 19.5. The van der Waals surface area contributed by atoms with Gasteiger partial charge in [-0.05, 0) is 32.4 Å². The molecule has 0 aromatic heterocycles. The second-order valence-electron chi connectivity index (χ2n) is 5.28. The summed E-state index contributed by atoms with van der Waals surface area (Å²) in [6.07, 6.45) is 3.25. The maximum absolute atomic E-state index is 11.4. The highest BCUT2D eigenvalue weighted by atomic mass is 16.5. The topological polar surface area (TPSA) is 59.0 Å². The maximum atomic E-state index is 11.4. The van der Waals surface area contributed by atoms with Gasteiger partial charge >= 0.3 is 5.97 Å². The molecule has 1 aliphatic heterocycles. The van der Waals surface area contributed by atoms with Crippen LogP contribution in [0.3, 0.4) is 0 Å². The number of carbonyl (C=O) groups is 1. The van der Waals surface area contributed by atoms with E-state index in [0.717, 1.165) is 45.3 Å². The number of carboxylic acid groups (broad SMARTS) is 1. The largest absolute Gasteiger partial charge is 0.481 e. The predicted octanol–water partition coefficient (Wildman–Crippen LogP) is 1.62. The number of hydrogen-bond acceptors (Lipinski definition) is 4. The minimum Gasteiger partial charge on any atom is -0.481 e.